The molecular weight excluding hydrogens is 506 g/mol. The Morgan fingerprint density at radius 3 is 2.28 bits per heavy atom. The third kappa shape index (κ3) is 6.24. The first-order chi connectivity index (χ1) is 18.4. The molecule has 7 heteroatoms. The molecule has 0 aromatic heterocycles. The van der Waals surface area contributed by atoms with Crippen molar-refractivity contribution in [3.63, 3.8) is 0 Å². The van der Waals surface area contributed by atoms with E-state index in [2.05, 4.69) is 48.8 Å². The number of nitrogens with zero attached hydrogens (tertiary/aromatic N) is 2. The molecule has 0 fully saturated rings. The minimum Gasteiger partial charge on any atom is -0.348 e. The van der Waals surface area contributed by atoms with Crippen molar-refractivity contribution < 1.29 is 13.2 Å². The number of hydrogen-bond acceptors (Lipinski definition) is 4. The third-order valence-corrected chi connectivity index (χ3v) is 9.30. The molecule has 204 valence electrons. The van der Waals surface area contributed by atoms with Crippen LogP contribution < -0.4 is 5.32 Å². The number of sulfone groups is 1. The fourth-order valence-corrected chi connectivity index (χ4v) is 6.42. The number of carbonyl (C=O) groups is 1. The van der Waals surface area contributed by atoms with E-state index in [1.807, 2.05) is 36.4 Å². The Morgan fingerprint density at radius 1 is 1.05 bits per heavy atom. The number of carbonyl (C=O) groups excluding carboxylic acids is 1. The molecule has 1 aliphatic rings. The molecule has 6 nitrogen and oxygen atoms in total. The summed E-state index contributed by atoms with van der Waals surface area (Å²) in [5.41, 5.74) is 5.59. The monoisotopic (exact) mass is 543 g/mol. The summed E-state index contributed by atoms with van der Waals surface area (Å²) in [6.45, 7) is 19.7. The Bertz CT molecular complexity index is 1490. The summed E-state index contributed by atoms with van der Waals surface area (Å²) in [4.78, 5) is 19.4. The van der Waals surface area contributed by atoms with Gasteiger partial charge >= 0.3 is 0 Å². The number of rotatable bonds is 8. The van der Waals surface area contributed by atoms with Crippen molar-refractivity contribution >= 4 is 21.4 Å². The molecule has 1 N–H and O–H groups in total. The lowest BCUT2D eigenvalue weighted by Gasteiger charge is -2.47. The first kappa shape index (κ1) is 28.5. The summed E-state index contributed by atoms with van der Waals surface area (Å²) in [6, 6.07) is 20.8. The molecule has 0 spiro atoms. The van der Waals surface area contributed by atoms with Crippen molar-refractivity contribution in [3.8, 4) is 0 Å². The summed E-state index contributed by atoms with van der Waals surface area (Å²) in [5.74, 6) is 0.285. The van der Waals surface area contributed by atoms with E-state index in [1.54, 1.807) is 31.2 Å². The highest BCUT2D eigenvalue weighted by molar-refractivity contribution is 7.91. The fourth-order valence-electron chi connectivity index (χ4n) is 5.54. The van der Waals surface area contributed by atoms with Crippen LogP contribution in [0.2, 0.25) is 0 Å². The van der Waals surface area contributed by atoms with Crippen LogP contribution in [-0.4, -0.2) is 31.5 Å². The Balaban J connectivity index is 1.53. The average Bonchev–Trinajstić information content (AvgIpc) is 2.91. The van der Waals surface area contributed by atoms with Gasteiger partial charge in [-0.05, 0) is 52.4 Å². The average molecular weight is 544 g/mol. The molecule has 1 heterocycles. The van der Waals surface area contributed by atoms with Gasteiger partial charge in [-0.25, -0.2) is 13.3 Å². The summed E-state index contributed by atoms with van der Waals surface area (Å²) in [5, 5.41) is 2.99. The quantitative estimate of drug-likeness (QED) is 0.332. The maximum atomic E-state index is 13.1. The number of benzene rings is 3. The van der Waals surface area contributed by atoms with E-state index in [4.69, 9.17) is 6.57 Å². The molecule has 0 saturated heterocycles. The Morgan fingerprint density at radius 2 is 1.69 bits per heavy atom. The van der Waals surface area contributed by atoms with Gasteiger partial charge in [-0.2, -0.15) is 0 Å². The fraction of sp³-hybridized carbons (Fsp3) is 0.375. The SMILES string of the molecule is [C-]#[N+]c1ccc(CN2CC(C)(C)c3cc(C(=O)NCc4ccc(S(=O)(=O)CC)cc4)ccc3C2C(C)C)cc1. The van der Waals surface area contributed by atoms with Gasteiger partial charge in [0.15, 0.2) is 15.5 Å². The van der Waals surface area contributed by atoms with E-state index in [1.165, 1.54) is 16.7 Å². The van der Waals surface area contributed by atoms with Gasteiger partial charge in [0.05, 0.1) is 17.2 Å². The van der Waals surface area contributed by atoms with Gasteiger partial charge in [0.1, 0.15) is 0 Å². The highest BCUT2D eigenvalue weighted by Gasteiger charge is 2.39. The van der Waals surface area contributed by atoms with Crippen molar-refractivity contribution in [2.45, 2.75) is 64.1 Å². The van der Waals surface area contributed by atoms with Crippen LogP contribution in [0.4, 0.5) is 5.69 Å². The maximum absolute atomic E-state index is 13.1. The molecule has 3 aromatic rings. The van der Waals surface area contributed by atoms with Crippen LogP contribution in [0, 0.1) is 12.5 Å². The minimum atomic E-state index is -3.25. The molecule has 1 amide bonds. The van der Waals surface area contributed by atoms with Gasteiger partial charge < -0.3 is 5.32 Å². The Hall–Kier alpha value is -3.47. The highest BCUT2D eigenvalue weighted by Crippen LogP contribution is 2.44. The zero-order chi connectivity index (χ0) is 28.4. The molecule has 0 saturated carbocycles. The number of amides is 1. The summed E-state index contributed by atoms with van der Waals surface area (Å²) >= 11 is 0. The number of nitrogens with one attached hydrogen (secondary N) is 1. The second-order valence-corrected chi connectivity index (χ2v) is 13.6. The predicted molar refractivity (Wildman–Crippen MR) is 155 cm³/mol. The molecule has 0 radical (unpaired) electrons. The summed E-state index contributed by atoms with van der Waals surface area (Å²) in [6.07, 6.45) is 0. The standard InChI is InChI=1S/C32H37N3O3S/c1-7-39(37,38)27-15-10-23(11-16-27)19-34-31(36)25-12-17-28-29(18-25)32(4,5)21-35(30(28)22(2)3)20-24-8-13-26(33-6)14-9-24/h8-18,22,30H,7,19-21H2,1-5H3,(H,34,36). The predicted octanol–water partition coefficient (Wildman–Crippen LogP) is 6.45. The van der Waals surface area contributed by atoms with Crippen molar-refractivity contribution in [2.75, 3.05) is 12.3 Å². The van der Waals surface area contributed by atoms with Crippen LogP contribution in [0.25, 0.3) is 4.85 Å². The van der Waals surface area contributed by atoms with E-state index >= 15 is 0 Å². The molecule has 0 aliphatic carbocycles. The molecule has 1 atom stereocenters. The van der Waals surface area contributed by atoms with Crippen LogP contribution in [-0.2, 0) is 28.3 Å². The van der Waals surface area contributed by atoms with Crippen molar-refractivity contribution in [1.29, 1.82) is 0 Å². The maximum Gasteiger partial charge on any atom is 0.251 e. The van der Waals surface area contributed by atoms with E-state index < -0.39 is 9.84 Å². The first-order valence-corrected chi connectivity index (χ1v) is 15.0. The highest BCUT2D eigenvalue weighted by atomic mass is 32.2. The van der Waals surface area contributed by atoms with Crippen molar-refractivity contribution in [2.24, 2.45) is 5.92 Å². The lowest BCUT2D eigenvalue weighted by Crippen LogP contribution is -2.46. The first-order valence-electron chi connectivity index (χ1n) is 13.4. The van der Waals surface area contributed by atoms with E-state index in [9.17, 15) is 13.2 Å². The van der Waals surface area contributed by atoms with Crippen LogP contribution in [0.3, 0.4) is 0 Å². The molecule has 0 bridgehead atoms. The summed E-state index contributed by atoms with van der Waals surface area (Å²) in [7, 11) is -3.25. The van der Waals surface area contributed by atoms with E-state index in [0.717, 1.165) is 18.7 Å². The lowest BCUT2D eigenvalue weighted by atomic mass is 9.73. The Kier molecular flexibility index (Phi) is 8.29. The molecular formula is C32H37N3O3S. The van der Waals surface area contributed by atoms with Gasteiger partial charge in [-0.3, -0.25) is 9.69 Å². The molecule has 3 aromatic carbocycles. The van der Waals surface area contributed by atoms with Gasteiger partial charge in [0.2, 0.25) is 0 Å². The van der Waals surface area contributed by atoms with Crippen molar-refractivity contribution in [3.05, 3.63) is 106 Å². The van der Waals surface area contributed by atoms with Crippen LogP contribution >= 0.6 is 0 Å². The van der Waals surface area contributed by atoms with E-state index in [-0.39, 0.29) is 23.1 Å². The number of fused-ring (bicyclic) bond motifs is 1. The van der Waals surface area contributed by atoms with Gasteiger partial charge in [0, 0.05) is 36.7 Å². The van der Waals surface area contributed by atoms with Crippen molar-refractivity contribution in [1.82, 2.24) is 10.2 Å². The Labute approximate surface area is 232 Å². The topological polar surface area (TPSA) is 70.8 Å². The second kappa shape index (κ2) is 11.3. The molecule has 4 rings (SSSR count). The number of hydrogen-bond donors (Lipinski definition) is 1. The van der Waals surface area contributed by atoms with Gasteiger partial charge in [0.25, 0.3) is 5.91 Å². The van der Waals surface area contributed by atoms with Crippen LogP contribution in [0.15, 0.2) is 71.6 Å². The third-order valence-electron chi connectivity index (χ3n) is 7.55. The molecule has 1 unspecified atom stereocenters. The normalized spacial score (nSPS) is 16.9. The molecule has 1 aliphatic heterocycles. The lowest BCUT2D eigenvalue weighted by molar-refractivity contribution is 0.0944. The van der Waals surface area contributed by atoms with Gasteiger partial charge in [-0.1, -0.05) is 77.1 Å². The van der Waals surface area contributed by atoms with Gasteiger partial charge in [-0.15, -0.1) is 0 Å². The van der Waals surface area contributed by atoms with E-state index in [0.29, 0.717) is 28.6 Å². The van der Waals surface area contributed by atoms with Crippen LogP contribution in [0.5, 0.6) is 0 Å². The zero-order valence-corrected chi connectivity index (χ0v) is 24.2. The molecule has 39 heavy (non-hydrogen) atoms. The second-order valence-electron chi connectivity index (χ2n) is 11.3. The smallest absolute Gasteiger partial charge is 0.251 e. The summed E-state index contributed by atoms with van der Waals surface area (Å²) < 4.78 is 24.1. The van der Waals surface area contributed by atoms with Crippen LogP contribution in [0.1, 0.15) is 73.3 Å². The minimum absolute atomic E-state index is 0.0591. The largest absolute Gasteiger partial charge is 0.348 e. The zero-order valence-electron chi connectivity index (χ0n) is 23.4.